The molecule has 5 heterocycles. The summed E-state index contributed by atoms with van der Waals surface area (Å²) in [5.41, 5.74) is 11.9. The van der Waals surface area contributed by atoms with Gasteiger partial charge in [-0.15, -0.1) is 0 Å². The first kappa shape index (κ1) is 19.6. The summed E-state index contributed by atoms with van der Waals surface area (Å²) in [6.07, 6.45) is 4.88. The van der Waals surface area contributed by atoms with Crippen molar-refractivity contribution in [2.24, 2.45) is 5.73 Å². The van der Waals surface area contributed by atoms with Crippen LogP contribution in [0.1, 0.15) is 59.2 Å². The van der Waals surface area contributed by atoms with Crippen LogP contribution in [0.2, 0.25) is 0 Å². The smallest absolute Gasteiger partial charge is 0.188 e. The SMILES string of the molecule is Cc1noc2c1-c1cc(c3nc(C4CC4)[nH]c3c1)C(c1ccccn1)(c1ccccn1)OC2N. The zero-order valence-electron chi connectivity index (χ0n) is 18.5. The molecular formula is C26H22N6O2. The minimum atomic E-state index is -1.22. The van der Waals surface area contributed by atoms with Crippen LogP contribution in [0.4, 0.5) is 0 Å². The zero-order chi connectivity index (χ0) is 22.9. The molecule has 1 aromatic carbocycles. The van der Waals surface area contributed by atoms with Gasteiger partial charge < -0.3 is 14.2 Å². The Balaban J connectivity index is 1.64. The van der Waals surface area contributed by atoms with E-state index >= 15 is 0 Å². The highest BCUT2D eigenvalue weighted by atomic mass is 16.5. The molecule has 1 unspecified atom stereocenters. The van der Waals surface area contributed by atoms with Gasteiger partial charge in [0.2, 0.25) is 0 Å². The lowest BCUT2D eigenvalue weighted by molar-refractivity contribution is -0.0614. The highest BCUT2D eigenvalue weighted by Crippen LogP contribution is 2.49. The summed E-state index contributed by atoms with van der Waals surface area (Å²) in [6, 6.07) is 15.7. The van der Waals surface area contributed by atoms with Crippen LogP contribution in [0.3, 0.4) is 0 Å². The van der Waals surface area contributed by atoms with Crippen LogP contribution in [-0.2, 0) is 10.3 Å². The van der Waals surface area contributed by atoms with Gasteiger partial charge in [0.05, 0.1) is 33.7 Å². The Bertz CT molecular complexity index is 1480. The fourth-order valence-electron chi connectivity index (χ4n) is 5.01. The molecule has 8 nitrogen and oxygen atoms in total. The lowest BCUT2D eigenvalue weighted by Crippen LogP contribution is -2.39. The molecule has 4 aromatic heterocycles. The summed E-state index contributed by atoms with van der Waals surface area (Å²) < 4.78 is 12.5. The third kappa shape index (κ3) is 2.72. The molecule has 3 N–H and O–H groups in total. The van der Waals surface area contributed by atoms with Crippen molar-refractivity contribution in [3.8, 4) is 11.1 Å². The fourth-order valence-corrected chi connectivity index (χ4v) is 5.01. The second-order valence-electron chi connectivity index (χ2n) is 8.97. The number of hydrogen-bond donors (Lipinski definition) is 2. The van der Waals surface area contributed by atoms with E-state index in [1.807, 2.05) is 43.3 Å². The van der Waals surface area contributed by atoms with Crippen LogP contribution in [0.5, 0.6) is 0 Å². The number of nitrogens with zero attached hydrogens (tertiary/aromatic N) is 4. The maximum absolute atomic E-state index is 6.79. The summed E-state index contributed by atoms with van der Waals surface area (Å²) >= 11 is 0. The van der Waals surface area contributed by atoms with Crippen molar-refractivity contribution < 1.29 is 9.26 Å². The second-order valence-corrected chi connectivity index (χ2v) is 8.97. The maximum Gasteiger partial charge on any atom is 0.188 e. The molecule has 1 atom stereocenters. The van der Waals surface area contributed by atoms with Crippen molar-refractivity contribution in [3.05, 3.63) is 95.2 Å². The molecule has 7 rings (SSSR count). The number of nitrogens with two attached hydrogens (primary N) is 1. The molecule has 0 saturated heterocycles. The standard InChI is InChI=1S/C26H22N6O2/c1-14-21-16-12-17(22-18(13-16)30-25(31-22)15-8-9-15)26(19-6-2-4-10-28-19,20-7-3-5-11-29-20)33-24(27)23(21)34-32-14/h2-7,10-13,15,24H,8-9,27H2,1H3,(H,30,31). The lowest BCUT2D eigenvalue weighted by Gasteiger charge is -2.36. The van der Waals surface area contributed by atoms with E-state index < -0.39 is 11.8 Å². The quantitative estimate of drug-likeness (QED) is 0.416. The minimum absolute atomic E-state index is 0.462. The van der Waals surface area contributed by atoms with E-state index in [1.54, 1.807) is 12.4 Å². The van der Waals surface area contributed by atoms with Gasteiger partial charge in [-0.3, -0.25) is 15.7 Å². The number of aromatic amines is 1. The van der Waals surface area contributed by atoms with Crippen LogP contribution in [0.15, 0.2) is 65.4 Å². The van der Waals surface area contributed by atoms with Gasteiger partial charge in [-0.05, 0) is 61.7 Å². The second kappa shape index (κ2) is 7.06. The number of H-pyrrole nitrogens is 1. The third-order valence-corrected chi connectivity index (χ3v) is 6.74. The van der Waals surface area contributed by atoms with E-state index in [9.17, 15) is 0 Å². The number of nitrogens with one attached hydrogen (secondary N) is 1. The van der Waals surface area contributed by atoms with E-state index in [4.69, 9.17) is 29.9 Å². The lowest BCUT2D eigenvalue weighted by atomic mass is 9.82. The van der Waals surface area contributed by atoms with Crippen molar-refractivity contribution in [3.63, 3.8) is 0 Å². The van der Waals surface area contributed by atoms with Gasteiger partial charge in [-0.1, -0.05) is 17.3 Å². The van der Waals surface area contributed by atoms with E-state index in [1.165, 1.54) is 0 Å². The minimum Gasteiger partial charge on any atom is -0.356 e. The van der Waals surface area contributed by atoms with Gasteiger partial charge in [0.1, 0.15) is 5.82 Å². The molecule has 1 aliphatic carbocycles. The average molecular weight is 451 g/mol. The topological polar surface area (TPSA) is 116 Å². The van der Waals surface area contributed by atoms with Crippen LogP contribution >= 0.6 is 0 Å². The van der Waals surface area contributed by atoms with Crippen molar-refractivity contribution >= 4 is 11.0 Å². The van der Waals surface area contributed by atoms with Gasteiger partial charge in [0.25, 0.3) is 0 Å². The number of ether oxygens (including phenoxy) is 1. The Morgan fingerprint density at radius 1 is 1.03 bits per heavy atom. The first-order valence-corrected chi connectivity index (χ1v) is 11.4. The number of pyridine rings is 2. The van der Waals surface area contributed by atoms with E-state index in [2.05, 4.69) is 22.3 Å². The number of fused-ring (bicyclic) bond motifs is 6. The van der Waals surface area contributed by atoms with Crippen LogP contribution in [0.25, 0.3) is 22.2 Å². The Morgan fingerprint density at radius 3 is 2.41 bits per heavy atom. The van der Waals surface area contributed by atoms with E-state index in [0.717, 1.165) is 52.1 Å². The molecule has 2 bridgehead atoms. The van der Waals surface area contributed by atoms with Gasteiger partial charge in [-0.25, -0.2) is 4.98 Å². The fraction of sp³-hybridized carbons (Fsp3) is 0.231. The van der Waals surface area contributed by atoms with E-state index in [-0.39, 0.29) is 0 Å². The zero-order valence-corrected chi connectivity index (χ0v) is 18.5. The summed E-state index contributed by atoms with van der Waals surface area (Å²) in [7, 11) is 0. The summed E-state index contributed by atoms with van der Waals surface area (Å²) in [4.78, 5) is 18.1. The number of aromatic nitrogens is 5. The van der Waals surface area contributed by atoms with Gasteiger partial charge >= 0.3 is 0 Å². The Morgan fingerprint density at radius 2 is 1.76 bits per heavy atom. The highest BCUT2D eigenvalue weighted by Gasteiger charge is 2.47. The number of imidazole rings is 1. The molecule has 168 valence electrons. The molecule has 1 aliphatic heterocycles. The summed E-state index contributed by atoms with van der Waals surface area (Å²) in [5.74, 6) is 1.93. The Hall–Kier alpha value is -3.88. The number of aryl methyl sites for hydroxylation is 1. The molecule has 1 saturated carbocycles. The average Bonchev–Trinajstić information content (AvgIpc) is 3.51. The van der Waals surface area contributed by atoms with Crippen molar-refractivity contribution in [1.29, 1.82) is 0 Å². The van der Waals surface area contributed by atoms with Crippen molar-refractivity contribution in [2.75, 3.05) is 0 Å². The monoisotopic (exact) mass is 450 g/mol. The molecule has 2 aliphatic rings. The molecular weight excluding hydrogens is 428 g/mol. The molecule has 0 amide bonds. The van der Waals surface area contributed by atoms with Gasteiger partial charge in [0, 0.05) is 23.9 Å². The first-order valence-electron chi connectivity index (χ1n) is 11.4. The first-order chi connectivity index (χ1) is 16.6. The van der Waals surface area contributed by atoms with Crippen LogP contribution in [0, 0.1) is 6.92 Å². The van der Waals surface area contributed by atoms with Crippen molar-refractivity contribution in [2.45, 2.75) is 37.5 Å². The van der Waals surface area contributed by atoms with E-state index in [0.29, 0.717) is 23.1 Å². The summed E-state index contributed by atoms with van der Waals surface area (Å²) in [5, 5.41) is 4.21. The largest absolute Gasteiger partial charge is 0.356 e. The third-order valence-electron chi connectivity index (χ3n) is 6.74. The highest BCUT2D eigenvalue weighted by molar-refractivity contribution is 5.88. The number of hydrogen-bond acceptors (Lipinski definition) is 7. The molecule has 5 aromatic rings. The maximum atomic E-state index is 6.79. The van der Waals surface area contributed by atoms with Gasteiger partial charge in [0.15, 0.2) is 17.6 Å². The molecule has 0 spiro atoms. The van der Waals surface area contributed by atoms with Gasteiger partial charge in [-0.2, -0.15) is 0 Å². The Kier molecular flexibility index (Phi) is 4.06. The molecule has 8 heteroatoms. The summed E-state index contributed by atoms with van der Waals surface area (Å²) in [6.45, 7) is 1.91. The predicted octanol–water partition coefficient (Wildman–Crippen LogP) is 4.47. The molecule has 34 heavy (non-hydrogen) atoms. The number of benzene rings is 1. The molecule has 0 radical (unpaired) electrons. The normalized spacial score (nSPS) is 18.9. The Labute approximate surface area is 195 Å². The van der Waals surface area contributed by atoms with Crippen LogP contribution < -0.4 is 5.73 Å². The van der Waals surface area contributed by atoms with Crippen LogP contribution in [-0.4, -0.2) is 25.1 Å². The molecule has 1 fully saturated rings. The van der Waals surface area contributed by atoms with Crippen molar-refractivity contribution in [1.82, 2.24) is 25.1 Å². The number of rotatable bonds is 3. The predicted molar refractivity (Wildman–Crippen MR) is 125 cm³/mol.